The smallest absolute Gasteiger partial charge is 0.300 e. The Morgan fingerprint density at radius 1 is 0.917 bits per heavy atom. The van der Waals surface area contributed by atoms with Crippen molar-refractivity contribution in [3.05, 3.63) is 82.9 Å². The zero-order chi connectivity index (χ0) is 25.4. The number of hydrogen-bond donors (Lipinski definition) is 1. The molecule has 2 aliphatic rings. The lowest BCUT2D eigenvalue weighted by Crippen LogP contribution is -2.29. The number of aliphatic hydroxyl groups excluding tert-OH is 1. The van der Waals surface area contributed by atoms with Crippen LogP contribution in [-0.2, 0) is 9.59 Å². The van der Waals surface area contributed by atoms with Crippen molar-refractivity contribution in [2.75, 3.05) is 32.3 Å². The van der Waals surface area contributed by atoms with Gasteiger partial charge in [-0.2, -0.15) is 0 Å². The minimum atomic E-state index is -0.899. The number of carbonyl (C=O) groups is 2. The molecule has 1 amide bonds. The lowest BCUT2D eigenvalue weighted by molar-refractivity contribution is -0.132. The van der Waals surface area contributed by atoms with Crippen molar-refractivity contribution in [1.82, 2.24) is 0 Å². The molecule has 0 spiro atoms. The third-order valence-electron chi connectivity index (χ3n) is 6.29. The Bertz CT molecular complexity index is 1380. The number of aliphatic hydroxyl groups is 1. The molecule has 1 fully saturated rings. The number of amides is 1. The number of ketones is 1. The number of ether oxygens (including phenoxy) is 4. The molecule has 0 saturated carbocycles. The van der Waals surface area contributed by atoms with Gasteiger partial charge in [0.1, 0.15) is 30.5 Å². The van der Waals surface area contributed by atoms with Crippen molar-refractivity contribution in [2.45, 2.75) is 13.0 Å². The van der Waals surface area contributed by atoms with Gasteiger partial charge in [0.2, 0.25) is 0 Å². The highest BCUT2D eigenvalue weighted by Gasteiger charge is 2.47. The van der Waals surface area contributed by atoms with Gasteiger partial charge < -0.3 is 24.1 Å². The number of fused-ring (bicyclic) bond motifs is 1. The van der Waals surface area contributed by atoms with Crippen LogP contribution in [0, 0.1) is 6.92 Å². The lowest BCUT2D eigenvalue weighted by Gasteiger charge is -2.27. The molecule has 8 nitrogen and oxygen atoms in total. The van der Waals surface area contributed by atoms with Gasteiger partial charge in [-0.3, -0.25) is 14.5 Å². The van der Waals surface area contributed by atoms with Crippen LogP contribution in [0.2, 0.25) is 0 Å². The van der Waals surface area contributed by atoms with Gasteiger partial charge in [0.05, 0.1) is 31.4 Å². The molecule has 0 aliphatic carbocycles. The molecule has 0 bridgehead atoms. The zero-order valence-corrected chi connectivity index (χ0v) is 20.1. The fourth-order valence-corrected chi connectivity index (χ4v) is 4.53. The number of methoxy groups -OCH3 is 2. The van der Waals surface area contributed by atoms with Crippen LogP contribution in [-0.4, -0.2) is 44.2 Å². The second-order valence-corrected chi connectivity index (χ2v) is 8.47. The van der Waals surface area contributed by atoms with Crippen molar-refractivity contribution in [3.63, 3.8) is 0 Å². The van der Waals surface area contributed by atoms with E-state index in [4.69, 9.17) is 18.9 Å². The summed E-state index contributed by atoms with van der Waals surface area (Å²) < 4.78 is 22.0. The zero-order valence-electron chi connectivity index (χ0n) is 20.1. The summed E-state index contributed by atoms with van der Waals surface area (Å²) in [5.74, 6) is 0.177. The minimum Gasteiger partial charge on any atom is -0.507 e. The topological polar surface area (TPSA) is 94.5 Å². The standard InChI is InChI=1S/C28H25NO7/c1-16-4-10-21(34-3)20(14-16)26(30)24-25(17-5-8-19(33-2)9-6-17)29(28(32)27(24)31)18-7-11-22-23(15-18)36-13-12-35-22/h4-11,14-15,25,30H,12-13H2,1-3H3/b26-24+. The highest BCUT2D eigenvalue weighted by molar-refractivity contribution is 6.51. The Morgan fingerprint density at radius 3 is 2.33 bits per heavy atom. The number of carbonyl (C=O) groups excluding carboxylic acids is 2. The van der Waals surface area contributed by atoms with Gasteiger partial charge in [0.25, 0.3) is 11.7 Å². The van der Waals surface area contributed by atoms with Gasteiger partial charge in [-0.25, -0.2) is 0 Å². The van der Waals surface area contributed by atoms with Crippen LogP contribution in [0.5, 0.6) is 23.0 Å². The predicted molar refractivity (Wildman–Crippen MR) is 133 cm³/mol. The van der Waals surface area contributed by atoms with Crippen molar-refractivity contribution in [3.8, 4) is 23.0 Å². The van der Waals surface area contributed by atoms with Crippen molar-refractivity contribution in [2.24, 2.45) is 0 Å². The summed E-state index contributed by atoms with van der Waals surface area (Å²) in [6.07, 6.45) is 0. The molecule has 8 heteroatoms. The van der Waals surface area contributed by atoms with Gasteiger partial charge in [-0.1, -0.05) is 23.8 Å². The third-order valence-corrected chi connectivity index (χ3v) is 6.29. The molecule has 2 aliphatic heterocycles. The second kappa shape index (κ2) is 9.30. The Hall–Kier alpha value is -4.46. The van der Waals surface area contributed by atoms with Crippen LogP contribution < -0.4 is 23.8 Å². The SMILES string of the molecule is COc1ccc(C2/C(=C(\O)c3cc(C)ccc3OC)C(=O)C(=O)N2c2ccc3c(c2)OCCO3)cc1. The maximum atomic E-state index is 13.5. The van der Waals surface area contributed by atoms with Crippen LogP contribution in [0.25, 0.3) is 5.76 Å². The first-order chi connectivity index (χ1) is 17.4. The first-order valence-electron chi connectivity index (χ1n) is 11.4. The van der Waals surface area contributed by atoms with Gasteiger partial charge >= 0.3 is 0 Å². The third kappa shape index (κ3) is 3.90. The average Bonchev–Trinajstić information content (AvgIpc) is 3.18. The van der Waals surface area contributed by atoms with Crippen LogP contribution in [0.3, 0.4) is 0 Å². The summed E-state index contributed by atoms with van der Waals surface area (Å²) in [6, 6.07) is 16.5. The molecule has 5 rings (SSSR count). The Morgan fingerprint density at radius 2 is 1.64 bits per heavy atom. The van der Waals surface area contributed by atoms with E-state index >= 15 is 0 Å². The average molecular weight is 488 g/mol. The Kier molecular flexibility index (Phi) is 6.01. The van der Waals surface area contributed by atoms with Gasteiger partial charge in [-0.15, -0.1) is 0 Å². The molecule has 3 aromatic carbocycles. The summed E-state index contributed by atoms with van der Waals surface area (Å²) in [7, 11) is 3.04. The summed E-state index contributed by atoms with van der Waals surface area (Å²) in [5.41, 5.74) is 2.22. The van der Waals surface area contributed by atoms with E-state index in [1.165, 1.54) is 12.0 Å². The predicted octanol–water partition coefficient (Wildman–Crippen LogP) is 4.41. The molecule has 1 unspecified atom stereocenters. The lowest BCUT2D eigenvalue weighted by atomic mass is 9.94. The quantitative estimate of drug-likeness (QED) is 0.324. The van der Waals surface area contributed by atoms with E-state index in [-0.39, 0.29) is 11.3 Å². The Labute approximate surface area is 208 Å². The first-order valence-corrected chi connectivity index (χ1v) is 11.4. The van der Waals surface area contributed by atoms with E-state index in [1.54, 1.807) is 61.7 Å². The summed E-state index contributed by atoms with van der Waals surface area (Å²) in [4.78, 5) is 28.3. The molecule has 1 atom stereocenters. The molecule has 3 aromatic rings. The van der Waals surface area contributed by atoms with E-state index in [1.807, 2.05) is 13.0 Å². The van der Waals surface area contributed by atoms with E-state index in [2.05, 4.69) is 0 Å². The van der Waals surface area contributed by atoms with Gasteiger partial charge in [-0.05, 0) is 48.9 Å². The first kappa shape index (κ1) is 23.3. The van der Waals surface area contributed by atoms with E-state index < -0.39 is 17.7 Å². The van der Waals surface area contributed by atoms with Gasteiger partial charge in [0.15, 0.2) is 11.5 Å². The molecule has 184 valence electrons. The largest absolute Gasteiger partial charge is 0.507 e. The highest BCUT2D eigenvalue weighted by Crippen LogP contribution is 2.45. The minimum absolute atomic E-state index is 0.0380. The van der Waals surface area contributed by atoms with E-state index in [0.717, 1.165) is 5.56 Å². The molecular weight excluding hydrogens is 462 g/mol. The highest BCUT2D eigenvalue weighted by atomic mass is 16.6. The molecular formula is C28H25NO7. The number of anilines is 1. The number of rotatable bonds is 5. The normalized spacial score (nSPS) is 18.3. The monoisotopic (exact) mass is 487 g/mol. The molecule has 1 N–H and O–H groups in total. The van der Waals surface area contributed by atoms with Crippen molar-refractivity contribution in [1.29, 1.82) is 0 Å². The number of benzene rings is 3. The second-order valence-electron chi connectivity index (χ2n) is 8.47. The van der Waals surface area contributed by atoms with Crippen LogP contribution in [0.1, 0.15) is 22.7 Å². The van der Waals surface area contributed by atoms with Gasteiger partial charge in [0, 0.05) is 11.8 Å². The molecule has 2 heterocycles. The number of aryl methyl sites for hydroxylation is 1. The molecule has 0 aromatic heterocycles. The van der Waals surface area contributed by atoms with Crippen LogP contribution >= 0.6 is 0 Å². The maximum absolute atomic E-state index is 13.5. The summed E-state index contributed by atoms with van der Waals surface area (Å²) >= 11 is 0. The van der Waals surface area contributed by atoms with E-state index in [0.29, 0.717) is 53.0 Å². The van der Waals surface area contributed by atoms with E-state index in [9.17, 15) is 14.7 Å². The van der Waals surface area contributed by atoms with Crippen LogP contribution in [0.15, 0.2) is 66.2 Å². The molecule has 36 heavy (non-hydrogen) atoms. The van der Waals surface area contributed by atoms with Crippen molar-refractivity contribution < 1.29 is 33.6 Å². The number of hydrogen-bond acceptors (Lipinski definition) is 7. The Balaban J connectivity index is 1.72. The van der Waals surface area contributed by atoms with Crippen LogP contribution in [0.4, 0.5) is 5.69 Å². The number of Topliss-reactive ketones (excluding diaryl/α,β-unsaturated/α-hetero) is 1. The summed E-state index contributed by atoms with van der Waals surface area (Å²) in [6.45, 7) is 2.68. The fraction of sp³-hybridized carbons (Fsp3) is 0.214. The maximum Gasteiger partial charge on any atom is 0.300 e. The molecule has 0 radical (unpaired) electrons. The molecule has 1 saturated heterocycles. The van der Waals surface area contributed by atoms with Crippen molar-refractivity contribution >= 4 is 23.1 Å². The number of nitrogens with zero attached hydrogens (tertiary/aromatic N) is 1. The fourth-order valence-electron chi connectivity index (χ4n) is 4.53. The summed E-state index contributed by atoms with van der Waals surface area (Å²) in [5, 5.41) is 11.5.